The summed E-state index contributed by atoms with van der Waals surface area (Å²) in [6.07, 6.45) is 0. The highest BCUT2D eigenvalue weighted by molar-refractivity contribution is 6.00. The number of aromatic amines is 1. The van der Waals surface area contributed by atoms with E-state index >= 15 is 0 Å². The summed E-state index contributed by atoms with van der Waals surface area (Å²) in [6, 6.07) is 8.47. The second-order valence-corrected chi connectivity index (χ2v) is 6.14. The van der Waals surface area contributed by atoms with Crippen molar-refractivity contribution in [2.75, 3.05) is 13.2 Å². The molecule has 0 bridgehead atoms. The highest BCUT2D eigenvalue weighted by atomic mass is 16.5. The van der Waals surface area contributed by atoms with Crippen LogP contribution in [-0.2, 0) is 20.8 Å². The fourth-order valence-electron chi connectivity index (χ4n) is 2.65. The zero-order chi connectivity index (χ0) is 21.4. The fraction of sp³-hybridized carbons (Fsp3) is 0.300. The molecule has 0 radical (unpaired) electrons. The van der Waals surface area contributed by atoms with Gasteiger partial charge >= 0.3 is 18.0 Å². The van der Waals surface area contributed by atoms with E-state index in [0.717, 1.165) is 5.56 Å². The number of urea groups is 1. The monoisotopic (exact) mass is 401 g/mol. The van der Waals surface area contributed by atoms with Crippen molar-refractivity contribution in [3.63, 3.8) is 0 Å². The SMILES string of the molecule is CCOC(=O)c1[nH]c(C)c(C(=O)OCC(=O)NC(=O)NCc2ccccc2)c1C. The summed E-state index contributed by atoms with van der Waals surface area (Å²) < 4.78 is 9.89. The highest BCUT2D eigenvalue weighted by Crippen LogP contribution is 2.19. The zero-order valence-corrected chi connectivity index (χ0v) is 16.5. The molecule has 2 rings (SSSR count). The van der Waals surface area contributed by atoms with Gasteiger partial charge in [0.15, 0.2) is 6.61 Å². The number of amides is 3. The van der Waals surface area contributed by atoms with Crippen molar-refractivity contribution in [2.45, 2.75) is 27.3 Å². The topological polar surface area (TPSA) is 127 Å². The van der Waals surface area contributed by atoms with Gasteiger partial charge in [-0.15, -0.1) is 0 Å². The van der Waals surface area contributed by atoms with E-state index in [4.69, 9.17) is 9.47 Å². The summed E-state index contributed by atoms with van der Waals surface area (Å²) in [7, 11) is 0. The molecule has 0 unspecified atom stereocenters. The van der Waals surface area contributed by atoms with Gasteiger partial charge in [0.05, 0.1) is 12.2 Å². The molecule has 2 aromatic rings. The molecular formula is C20H23N3O6. The maximum Gasteiger partial charge on any atom is 0.355 e. The Morgan fingerprint density at radius 2 is 1.69 bits per heavy atom. The quantitative estimate of drug-likeness (QED) is 0.609. The third-order valence-corrected chi connectivity index (χ3v) is 4.00. The van der Waals surface area contributed by atoms with Gasteiger partial charge < -0.3 is 19.8 Å². The number of hydrogen-bond donors (Lipinski definition) is 3. The van der Waals surface area contributed by atoms with Crippen molar-refractivity contribution in [3.8, 4) is 0 Å². The largest absolute Gasteiger partial charge is 0.461 e. The maximum absolute atomic E-state index is 12.3. The van der Waals surface area contributed by atoms with Crippen LogP contribution in [0.4, 0.5) is 4.79 Å². The number of carbonyl (C=O) groups is 4. The number of benzene rings is 1. The van der Waals surface area contributed by atoms with Crippen molar-refractivity contribution in [2.24, 2.45) is 0 Å². The van der Waals surface area contributed by atoms with Gasteiger partial charge in [0, 0.05) is 12.2 Å². The molecule has 3 amide bonds. The van der Waals surface area contributed by atoms with E-state index in [1.165, 1.54) is 0 Å². The third kappa shape index (κ3) is 5.93. The van der Waals surface area contributed by atoms with Crippen LogP contribution in [0.5, 0.6) is 0 Å². The van der Waals surface area contributed by atoms with Gasteiger partial charge in [-0.1, -0.05) is 30.3 Å². The average Bonchev–Trinajstić information content (AvgIpc) is 3.00. The van der Waals surface area contributed by atoms with Crippen molar-refractivity contribution in [1.82, 2.24) is 15.6 Å². The first-order chi connectivity index (χ1) is 13.8. The number of carbonyl (C=O) groups excluding carboxylic acids is 4. The molecule has 1 aromatic heterocycles. The molecule has 0 fully saturated rings. The summed E-state index contributed by atoms with van der Waals surface area (Å²) in [5, 5.41) is 4.61. The fourth-order valence-corrected chi connectivity index (χ4v) is 2.65. The van der Waals surface area contributed by atoms with Crippen molar-refractivity contribution in [3.05, 3.63) is 58.4 Å². The lowest BCUT2D eigenvalue weighted by molar-refractivity contribution is -0.123. The molecule has 3 N–H and O–H groups in total. The number of hydrogen-bond acceptors (Lipinski definition) is 6. The highest BCUT2D eigenvalue weighted by Gasteiger charge is 2.24. The molecule has 0 saturated carbocycles. The smallest absolute Gasteiger partial charge is 0.355 e. The van der Waals surface area contributed by atoms with E-state index in [1.807, 2.05) is 30.3 Å². The predicted molar refractivity (Wildman–Crippen MR) is 103 cm³/mol. The van der Waals surface area contributed by atoms with Crippen LogP contribution in [0.2, 0.25) is 0 Å². The first-order valence-corrected chi connectivity index (χ1v) is 8.98. The van der Waals surface area contributed by atoms with Crippen molar-refractivity contribution < 1.29 is 28.7 Å². The van der Waals surface area contributed by atoms with Gasteiger partial charge in [0.1, 0.15) is 5.69 Å². The number of imide groups is 1. The number of aryl methyl sites for hydroxylation is 1. The van der Waals surface area contributed by atoms with E-state index < -0.39 is 30.5 Å². The Morgan fingerprint density at radius 1 is 1.00 bits per heavy atom. The van der Waals surface area contributed by atoms with Gasteiger partial charge in [0.25, 0.3) is 5.91 Å². The lowest BCUT2D eigenvalue weighted by Crippen LogP contribution is -2.41. The minimum atomic E-state index is -0.786. The summed E-state index contributed by atoms with van der Waals surface area (Å²) >= 11 is 0. The standard InChI is InChI=1S/C20H23N3O6/c1-4-28-19(26)17-12(2)16(13(3)22-17)18(25)29-11-15(24)23-20(27)21-10-14-8-6-5-7-9-14/h5-9,22H,4,10-11H2,1-3H3,(H2,21,23,24,27). The molecule has 0 aliphatic carbocycles. The molecule has 1 heterocycles. The van der Waals surface area contributed by atoms with E-state index in [0.29, 0.717) is 11.3 Å². The van der Waals surface area contributed by atoms with E-state index in [-0.39, 0.29) is 24.4 Å². The first kappa shape index (κ1) is 21.7. The normalized spacial score (nSPS) is 10.2. The second kappa shape index (κ2) is 10.1. The Labute approximate surface area is 167 Å². The summed E-state index contributed by atoms with van der Waals surface area (Å²) in [6.45, 7) is 4.65. The van der Waals surface area contributed by atoms with Gasteiger partial charge in [0.2, 0.25) is 0 Å². The number of aromatic nitrogens is 1. The van der Waals surface area contributed by atoms with Gasteiger partial charge in [-0.25, -0.2) is 14.4 Å². The number of H-pyrrole nitrogens is 1. The zero-order valence-electron chi connectivity index (χ0n) is 16.5. The molecule has 0 aliphatic heterocycles. The van der Waals surface area contributed by atoms with Crippen molar-refractivity contribution >= 4 is 23.9 Å². The molecule has 0 atom stereocenters. The van der Waals surface area contributed by atoms with Crippen LogP contribution < -0.4 is 10.6 Å². The number of ether oxygens (including phenoxy) is 2. The molecule has 29 heavy (non-hydrogen) atoms. The minimum absolute atomic E-state index is 0.148. The number of nitrogens with one attached hydrogen (secondary N) is 3. The minimum Gasteiger partial charge on any atom is -0.461 e. The van der Waals surface area contributed by atoms with E-state index in [9.17, 15) is 19.2 Å². The Morgan fingerprint density at radius 3 is 2.34 bits per heavy atom. The van der Waals surface area contributed by atoms with Crippen molar-refractivity contribution in [1.29, 1.82) is 0 Å². The van der Waals surface area contributed by atoms with Crippen LogP contribution >= 0.6 is 0 Å². The average molecular weight is 401 g/mol. The predicted octanol–water partition coefficient (Wildman–Crippen LogP) is 1.99. The number of esters is 2. The maximum atomic E-state index is 12.3. The Balaban J connectivity index is 1.86. The van der Waals surface area contributed by atoms with Crippen LogP contribution in [-0.4, -0.2) is 42.1 Å². The summed E-state index contributed by atoms with van der Waals surface area (Å²) in [4.78, 5) is 50.6. The molecule has 9 heteroatoms. The lowest BCUT2D eigenvalue weighted by Gasteiger charge is -2.08. The molecule has 154 valence electrons. The van der Waals surface area contributed by atoms with Crippen LogP contribution in [0.1, 0.15) is 44.6 Å². The van der Waals surface area contributed by atoms with Crippen LogP contribution in [0.25, 0.3) is 0 Å². The van der Waals surface area contributed by atoms with E-state index in [2.05, 4.69) is 15.6 Å². The molecule has 9 nitrogen and oxygen atoms in total. The second-order valence-electron chi connectivity index (χ2n) is 6.14. The summed E-state index contributed by atoms with van der Waals surface area (Å²) in [5.41, 5.74) is 1.95. The molecule has 0 saturated heterocycles. The van der Waals surface area contributed by atoms with Crippen LogP contribution in [0.15, 0.2) is 30.3 Å². The Kier molecular flexibility index (Phi) is 7.53. The Bertz CT molecular complexity index is 904. The van der Waals surface area contributed by atoms with Crippen LogP contribution in [0, 0.1) is 13.8 Å². The number of rotatable bonds is 7. The molecule has 0 spiro atoms. The van der Waals surface area contributed by atoms with Crippen LogP contribution in [0.3, 0.4) is 0 Å². The van der Waals surface area contributed by atoms with Gasteiger partial charge in [-0.05, 0) is 31.9 Å². The van der Waals surface area contributed by atoms with Gasteiger partial charge in [-0.2, -0.15) is 0 Å². The molecule has 0 aliphatic rings. The van der Waals surface area contributed by atoms with Gasteiger partial charge in [-0.3, -0.25) is 10.1 Å². The molecular weight excluding hydrogens is 378 g/mol. The molecule has 1 aromatic carbocycles. The first-order valence-electron chi connectivity index (χ1n) is 8.98. The Hall–Kier alpha value is -3.62. The summed E-state index contributed by atoms with van der Waals surface area (Å²) in [5.74, 6) is -2.15. The van der Waals surface area contributed by atoms with E-state index in [1.54, 1.807) is 20.8 Å². The third-order valence-electron chi connectivity index (χ3n) is 4.00. The lowest BCUT2D eigenvalue weighted by atomic mass is 10.1.